The molecule has 2 heteroatoms. The molecular formula is C18H22N2. The van der Waals surface area contributed by atoms with Crippen LogP contribution in [0.4, 0.5) is 0 Å². The zero-order valence-corrected chi connectivity index (χ0v) is 12.2. The van der Waals surface area contributed by atoms with E-state index in [9.17, 15) is 0 Å². The molecule has 2 nitrogen and oxygen atoms in total. The number of allylic oxidation sites excluding steroid dienone is 3. The Hall–Kier alpha value is -1.80. The molecule has 0 amide bonds. The molecule has 104 valence electrons. The lowest BCUT2D eigenvalue weighted by atomic mass is 9.96. The fraction of sp³-hybridized carbons (Fsp3) is 0.333. The quantitative estimate of drug-likeness (QED) is 0.898. The molecule has 1 aromatic rings. The van der Waals surface area contributed by atoms with E-state index in [1.165, 1.54) is 28.0 Å². The standard InChI is InChI=1S/C18H22N2/c1-3-15-4-6-16(7-5-15)8-9-17-12-20-13-19-11-18(20)10-14(17)2/h4-7,10,12,19H,2-3,8-9,11,13H2,1H3. The Kier molecular flexibility index (Phi) is 3.75. The summed E-state index contributed by atoms with van der Waals surface area (Å²) in [6, 6.07) is 8.98. The van der Waals surface area contributed by atoms with Crippen LogP contribution in [0.5, 0.6) is 0 Å². The van der Waals surface area contributed by atoms with E-state index < -0.39 is 0 Å². The Morgan fingerprint density at radius 2 is 1.90 bits per heavy atom. The molecular weight excluding hydrogens is 244 g/mol. The minimum atomic E-state index is 0.924. The van der Waals surface area contributed by atoms with E-state index in [0.29, 0.717) is 0 Å². The summed E-state index contributed by atoms with van der Waals surface area (Å²) in [5.41, 5.74) is 6.68. The van der Waals surface area contributed by atoms with Gasteiger partial charge >= 0.3 is 0 Å². The van der Waals surface area contributed by atoms with E-state index in [1.807, 2.05) is 0 Å². The van der Waals surface area contributed by atoms with Gasteiger partial charge in [0.15, 0.2) is 0 Å². The lowest BCUT2D eigenvalue weighted by molar-refractivity contribution is 0.505. The fourth-order valence-electron chi connectivity index (χ4n) is 2.78. The number of hydrogen-bond acceptors (Lipinski definition) is 2. The molecule has 0 atom stereocenters. The van der Waals surface area contributed by atoms with Crippen molar-refractivity contribution >= 4 is 0 Å². The number of benzene rings is 1. The molecule has 2 aliphatic rings. The highest BCUT2D eigenvalue weighted by Gasteiger charge is 2.19. The van der Waals surface area contributed by atoms with Crippen LogP contribution in [-0.4, -0.2) is 18.1 Å². The van der Waals surface area contributed by atoms with E-state index in [0.717, 1.165) is 32.5 Å². The van der Waals surface area contributed by atoms with Crippen molar-refractivity contribution in [2.24, 2.45) is 0 Å². The molecule has 0 aliphatic carbocycles. The smallest absolute Gasteiger partial charge is 0.0726 e. The molecule has 0 bridgehead atoms. The summed E-state index contributed by atoms with van der Waals surface area (Å²) < 4.78 is 0. The summed E-state index contributed by atoms with van der Waals surface area (Å²) in [4.78, 5) is 2.30. The van der Waals surface area contributed by atoms with Gasteiger partial charge in [0.25, 0.3) is 0 Å². The summed E-state index contributed by atoms with van der Waals surface area (Å²) in [5.74, 6) is 0. The second-order valence-electron chi connectivity index (χ2n) is 5.54. The molecule has 0 aromatic heterocycles. The average Bonchev–Trinajstić information content (AvgIpc) is 2.92. The minimum absolute atomic E-state index is 0.924. The van der Waals surface area contributed by atoms with E-state index in [-0.39, 0.29) is 0 Å². The predicted molar refractivity (Wildman–Crippen MR) is 84.2 cm³/mol. The second kappa shape index (κ2) is 5.68. The van der Waals surface area contributed by atoms with Crippen molar-refractivity contribution in [3.63, 3.8) is 0 Å². The van der Waals surface area contributed by atoms with Gasteiger partial charge in [-0.25, -0.2) is 0 Å². The normalized spacial score (nSPS) is 17.9. The third kappa shape index (κ3) is 2.70. The highest BCUT2D eigenvalue weighted by Crippen LogP contribution is 2.27. The molecule has 0 saturated carbocycles. The van der Waals surface area contributed by atoms with Crippen molar-refractivity contribution in [2.45, 2.75) is 26.2 Å². The summed E-state index contributed by atoms with van der Waals surface area (Å²) in [5, 5.41) is 3.36. The monoisotopic (exact) mass is 266 g/mol. The molecule has 2 aliphatic heterocycles. The van der Waals surface area contributed by atoms with Gasteiger partial charge in [0, 0.05) is 18.4 Å². The van der Waals surface area contributed by atoms with Crippen LogP contribution in [0.15, 0.2) is 60.0 Å². The second-order valence-corrected chi connectivity index (χ2v) is 5.54. The van der Waals surface area contributed by atoms with Crippen LogP contribution < -0.4 is 5.32 Å². The Balaban J connectivity index is 1.64. The third-order valence-corrected chi connectivity index (χ3v) is 4.14. The van der Waals surface area contributed by atoms with E-state index in [4.69, 9.17) is 0 Å². The number of rotatable bonds is 4. The molecule has 3 rings (SSSR count). The van der Waals surface area contributed by atoms with Gasteiger partial charge in [-0.05, 0) is 47.6 Å². The van der Waals surface area contributed by atoms with Gasteiger partial charge in [-0.1, -0.05) is 37.8 Å². The van der Waals surface area contributed by atoms with E-state index in [1.54, 1.807) is 0 Å². The first-order chi connectivity index (χ1) is 9.76. The fourth-order valence-corrected chi connectivity index (χ4v) is 2.78. The first-order valence-electron chi connectivity index (χ1n) is 7.42. The van der Waals surface area contributed by atoms with Crippen LogP contribution in [0.3, 0.4) is 0 Å². The lowest BCUT2D eigenvalue weighted by Crippen LogP contribution is -2.17. The largest absolute Gasteiger partial charge is 0.337 e. The van der Waals surface area contributed by atoms with Crippen molar-refractivity contribution in [1.82, 2.24) is 10.2 Å². The lowest BCUT2D eigenvalue weighted by Gasteiger charge is -2.22. The Labute approximate surface area is 121 Å². The van der Waals surface area contributed by atoms with Crippen molar-refractivity contribution < 1.29 is 0 Å². The molecule has 20 heavy (non-hydrogen) atoms. The van der Waals surface area contributed by atoms with Crippen molar-refractivity contribution in [2.75, 3.05) is 13.2 Å². The van der Waals surface area contributed by atoms with Gasteiger partial charge in [0.2, 0.25) is 0 Å². The summed E-state index contributed by atoms with van der Waals surface area (Å²) in [6.45, 7) is 8.27. The summed E-state index contributed by atoms with van der Waals surface area (Å²) >= 11 is 0. The first kappa shape index (κ1) is 13.2. The Bertz CT molecular complexity index is 564. The number of fused-ring (bicyclic) bond motifs is 1. The van der Waals surface area contributed by atoms with E-state index >= 15 is 0 Å². The van der Waals surface area contributed by atoms with Crippen LogP contribution in [0.2, 0.25) is 0 Å². The molecule has 0 radical (unpaired) electrons. The number of aryl methyl sites for hydroxylation is 2. The maximum atomic E-state index is 4.20. The van der Waals surface area contributed by atoms with Crippen molar-refractivity contribution in [3.8, 4) is 0 Å². The molecule has 0 spiro atoms. The molecule has 1 fully saturated rings. The van der Waals surface area contributed by atoms with Gasteiger partial charge in [0.05, 0.1) is 6.67 Å². The topological polar surface area (TPSA) is 15.3 Å². The zero-order valence-electron chi connectivity index (χ0n) is 12.2. The molecule has 1 N–H and O–H groups in total. The van der Waals surface area contributed by atoms with Crippen LogP contribution in [0, 0.1) is 0 Å². The maximum absolute atomic E-state index is 4.20. The molecule has 0 unspecified atom stereocenters. The number of nitrogens with zero attached hydrogens (tertiary/aromatic N) is 1. The minimum Gasteiger partial charge on any atom is -0.337 e. The Morgan fingerprint density at radius 3 is 2.65 bits per heavy atom. The summed E-state index contributed by atoms with van der Waals surface area (Å²) in [6.07, 6.45) is 7.73. The average molecular weight is 266 g/mol. The van der Waals surface area contributed by atoms with E-state index in [2.05, 4.69) is 60.3 Å². The molecule has 1 aromatic carbocycles. The Morgan fingerprint density at radius 1 is 1.15 bits per heavy atom. The van der Waals surface area contributed by atoms with Crippen LogP contribution >= 0.6 is 0 Å². The predicted octanol–water partition coefficient (Wildman–Crippen LogP) is 3.38. The zero-order chi connectivity index (χ0) is 13.9. The van der Waals surface area contributed by atoms with Crippen LogP contribution in [0.1, 0.15) is 24.5 Å². The van der Waals surface area contributed by atoms with Gasteiger partial charge in [0.1, 0.15) is 0 Å². The van der Waals surface area contributed by atoms with Gasteiger partial charge in [-0.3, -0.25) is 5.32 Å². The number of hydrogen-bond donors (Lipinski definition) is 1. The third-order valence-electron chi connectivity index (χ3n) is 4.14. The highest BCUT2D eigenvalue weighted by molar-refractivity contribution is 5.44. The van der Waals surface area contributed by atoms with Gasteiger partial charge < -0.3 is 4.90 Å². The first-order valence-corrected chi connectivity index (χ1v) is 7.42. The van der Waals surface area contributed by atoms with Gasteiger partial charge in [-0.15, -0.1) is 0 Å². The molecule has 1 saturated heterocycles. The summed E-state index contributed by atoms with van der Waals surface area (Å²) in [7, 11) is 0. The van der Waals surface area contributed by atoms with Crippen molar-refractivity contribution in [1.29, 1.82) is 0 Å². The molecule has 2 heterocycles. The van der Waals surface area contributed by atoms with Crippen LogP contribution in [0.25, 0.3) is 0 Å². The van der Waals surface area contributed by atoms with Crippen LogP contribution in [-0.2, 0) is 12.8 Å². The van der Waals surface area contributed by atoms with Crippen molar-refractivity contribution in [3.05, 3.63) is 71.1 Å². The SMILES string of the molecule is C=C1C=C2CNCN2C=C1CCc1ccc(CC)cc1. The highest BCUT2D eigenvalue weighted by atomic mass is 15.3. The maximum Gasteiger partial charge on any atom is 0.0726 e. The number of nitrogens with one attached hydrogen (secondary N) is 1. The van der Waals surface area contributed by atoms with Gasteiger partial charge in [-0.2, -0.15) is 0 Å².